The highest BCUT2D eigenvalue weighted by Crippen LogP contribution is 2.07. The molecule has 0 aliphatic rings. The molecule has 0 radical (unpaired) electrons. The van der Waals surface area contributed by atoms with Gasteiger partial charge in [0.2, 0.25) is 0 Å². The molecule has 0 aromatic heterocycles. The molecule has 0 saturated heterocycles. The van der Waals surface area contributed by atoms with Crippen molar-refractivity contribution in [1.29, 1.82) is 0 Å². The Morgan fingerprint density at radius 3 is 2.30 bits per heavy atom. The van der Waals surface area contributed by atoms with Crippen LogP contribution in [-0.4, -0.2) is 25.0 Å². The van der Waals surface area contributed by atoms with Crippen LogP contribution < -0.4 is 16.0 Å². The van der Waals surface area contributed by atoms with E-state index in [0.29, 0.717) is 25.2 Å². The minimum Gasteiger partial charge on any atom is -0.357 e. The third-order valence-electron chi connectivity index (χ3n) is 3.87. The van der Waals surface area contributed by atoms with E-state index in [1.165, 1.54) is 11.1 Å². The van der Waals surface area contributed by atoms with Gasteiger partial charge in [-0.05, 0) is 44.0 Å². The molecule has 0 atom stereocenters. The van der Waals surface area contributed by atoms with Gasteiger partial charge in [0, 0.05) is 25.2 Å². The molecule has 0 spiro atoms. The Labute approximate surface area is 179 Å². The molecule has 27 heavy (non-hydrogen) atoms. The largest absolute Gasteiger partial charge is 0.357 e. The number of nitrogens with zero attached hydrogens (tertiary/aromatic N) is 1. The third-order valence-corrected chi connectivity index (χ3v) is 3.87. The standard InChI is InChI=1S/C21H28N4O.HI/c1-4-22-20(26)19-8-6-7-18(13-19)15-25-21(23-5-2)24-14-17-11-9-16(3)10-12-17;/h6-13H,4-5,14-15H2,1-3H3,(H,22,26)(H2,23,24,25);1H. The molecule has 0 saturated carbocycles. The number of rotatable bonds is 7. The lowest BCUT2D eigenvalue weighted by molar-refractivity contribution is 0.0955. The monoisotopic (exact) mass is 480 g/mol. The van der Waals surface area contributed by atoms with Crippen LogP contribution in [0.3, 0.4) is 0 Å². The van der Waals surface area contributed by atoms with Crippen molar-refractivity contribution in [2.45, 2.75) is 33.9 Å². The fourth-order valence-electron chi connectivity index (χ4n) is 2.48. The molecule has 0 unspecified atom stereocenters. The zero-order valence-electron chi connectivity index (χ0n) is 16.2. The highest BCUT2D eigenvalue weighted by molar-refractivity contribution is 14.0. The number of halogens is 1. The summed E-state index contributed by atoms with van der Waals surface area (Å²) in [6, 6.07) is 16.0. The van der Waals surface area contributed by atoms with Gasteiger partial charge >= 0.3 is 0 Å². The number of amides is 1. The summed E-state index contributed by atoms with van der Waals surface area (Å²) in [6.07, 6.45) is 0. The maximum absolute atomic E-state index is 11.9. The van der Waals surface area contributed by atoms with Crippen LogP contribution in [-0.2, 0) is 13.1 Å². The van der Waals surface area contributed by atoms with Crippen LogP contribution in [0.1, 0.15) is 40.9 Å². The van der Waals surface area contributed by atoms with Gasteiger partial charge in [-0.3, -0.25) is 4.79 Å². The molecular weight excluding hydrogens is 451 g/mol. The first-order valence-corrected chi connectivity index (χ1v) is 9.07. The second kappa shape index (κ2) is 12.3. The minimum atomic E-state index is -0.0530. The van der Waals surface area contributed by atoms with E-state index in [1.54, 1.807) is 0 Å². The molecule has 5 nitrogen and oxygen atoms in total. The molecule has 0 aliphatic heterocycles. The summed E-state index contributed by atoms with van der Waals surface area (Å²) in [5.74, 6) is 0.708. The maximum Gasteiger partial charge on any atom is 0.251 e. The first-order valence-electron chi connectivity index (χ1n) is 9.07. The van der Waals surface area contributed by atoms with Crippen LogP contribution in [0.5, 0.6) is 0 Å². The predicted octanol–water partition coefficient (Wildman–Crippen LogP) is 3.62. The van der Waals surface area contributed by atoms with Crippen molar-refractivity contribution in [2.75, 3.05) is 13.1 Å². The molecule has 6 heteroatoms. The van der Waals surface area contributed by atoms with Crippen molar-refractivity contribution in [1.82, 2.24) is 16.0 Å². The number of hydrogen-bond donors (Lipinski definition) is 3. The molecule has 0 bridgehead atoms. The lowest BCUT2D eigenvalue weighted by Gasteiger charge is -2.12. The van der Waals surface area contributed by atoms with Crippen LogP contribution in [0.15, 0.2) is 53.5 Å². The Morgan fingerprint density at radius 2 is 1.63 bits per heavy atom. The molecule has 3 N–H and O–H groups in total. The van der Waals surface area contributed by atoms with Gasteiger partial charge in [0.1, 0.15) is 0 Å². The maximum atomic E-state index is 11.9. The summed E-state index contributed by atoms with van der Waals surface area (Å²) >= 11 is 0. The van der Waals surface area contributed by atoms with E-state index in [-0.39, 0.29) is 29.9 Å². The quantitative estimate of drug-likeness (QED) is 0.322. The molecule has 146 valence electrons. The zero-order valence-corrected chi connectivity index (χ0v) is 18.5. The zero-order chi connectivity index (χ0) is 18.8. The van der Waals surface area contributed by atoms with E-state index >= 15 is 0 Å². The average Bonchev–Trinajstić information content (AvgIpc) is 2.66. The number of aliphatic imine (C=N–C) groups is 1. The second-order valence-electron chi connectivity index (χ2n) is 6.09. The number of benzene rings is 2. The summed E-state index contributed by atoms with van der Waals surface area (Å²) < 4.78 is 0. The van der Waals surface area contributed by atoms with E-state index in [0.717, 1.165) is 18.1 Å². The summed E-state index contributed by atoms with van der Waals surface area (Å²) in [7, 11) is 0. The molecule has 0 heterocycles. The Hall–Kier alpha value is -2.09. The van der Waals surface area contributed by atoms with Gasteiger partial charge in [0.05, 0.1) is 6.54 Å². The molecular formula is C21H29IN4O. The highest BCUT2D eigenvalue weighted by Gasteiger charge is 2.05. The van der Waals surface area contributed by atoms with Crippen molar-refractivity contribution in [3.8, 4) is 0 Å². The molecule has 2 aromatic rings. The Kier molecular flexibility index (Phi) is 10.5. The molecule has 0 fully saturated rings. The van der Waals surface area contributed by atoms with Crippen molar-refractivity contribution < 1.29 is 4.79 Å². The topological polar surface area (TPSA) is 65.5 Å². The van der Waals surface area contributed by atoms with Crippen LogP contribution in [0.25, 0.3) is 0 Å². The molecule has 0 aliphatic carbocycles. The fraction of sp³-hybridized carbons (Fsp3) is 0.333. The van der Waals surface area contributed by atoms with Gasteiger partial charge in [-0.2, -0.15) is 0 Å². The van der Waals surface area contributed by atoms with Crippen LogP contribution in [0, 0.1) is 6.92 Å². The summed E-state index contributed by atoms with van der Waals surface area (Å²) in [5, 5.41) is 9.41. The first kappa shape index (κ1) is 23.0. The van der Waals surface area contributed by atoms with Gasteiger partial charge in [-0.1, -0.05) is 42.0 Å². The first-order chi connectivity index (χ1) is 12.6. The minimum absolute atomic E-state index is 0. The Bertz CT molecular complexity index is 744. The van der Waals surface area contributed by atoms with Gasteiger partial charge < -0.3 is 16.0 Å². The Morgan fingerprint density at radius 1 is 0.926 bits per heavy atom. The van der Waals surface area contributed by atoms with Gasteiger partial charge in [-0.15, -0.1) is 24.0 Å². The Balaban J connectivity index is 0.00000364. The number of nitrogens with one attached hydrogen (secondary N) is 3. The number of aryl methyl sites for hydroxylation is 1. The SMILES string of the molecule is CCNC(=O)c1cccc(CN=C(NCC)NCc2ccc(C)cc2)c1.I. The number of carbonyl (C=O) groups excluding carboxylic acids is 1. The lowest BCUT2D eigenvalue weighted by Crippen LogP contribution is -2.36. The number of guanidine groups is 1. The molecule has 1 amide bonds. The molecule has 2 rings (SSSR count). The summed E-state index contributed by atoms with van der Waals surface area (Å²) in [6.45, 7) is 8.67. The second-order valence-corrected chi connectivity index (χ2v) is 6.09. The van der Waals surface area contributed by atoms with E-state index in [2.05, 4.69) is 52.1 Å². The normalized spacial score (nSPS) is 10.7. The highest BCUT2D eigenvalue weighted by atomic mass is 127. The van der Waals surface area contributed by atoms with Gasteiger partial charge in [0.25, 0.3) is 5.91 Å². The lowest BCUT2D eigenvalue weighted by atomic mass is 10.1. The van der Waals surface area contributed by atoms with Crippen LogP contribution in [0.4, 0.5) is 0 Å². The smallest absolute Gasteiger partial charge is 0.251 e. The van der Waals surface area contributed by atoms with Crippen LogP contribution >= 0.6 is 24.0 Å². The average molecular weight is 480 g/mol. The van der Waals surface area contributed by atoms with Crippen molar-refractivity contribution in [2.24, 2.45) is 4.99 Å². The number of hydrogen-bond acceptors (Lipinski definition) is 2. The summed E-state index contributed by atoms with van der Waals surface area (Å²) in [4.78, 5) is 16.6. The number of carbonyl (C=O) groups is 1. The van der Waals surface area contributed by atoms with Gasteiger partial charge in [-0.25, -0.2) is 4.99 Å². The van der Waals surface area contributed by atoms with E-state index in [1.807, 2.05) is 38.1 Å². The van der Waals surface area contributed by atoms with Crippen LogP contribution in [0.2, 0.25) is 0 Å². The van der Waals surface area contributed by atoms with E-state index in [9.17, 15) is 4.79 Å². The van der Waals surface area contributed by atoms with E-state index in [4.69, 9.17) is 0 Å². The molecule has 2 aromatic carbocycles. The van der Waals surface area contributed by atoms with Crippen molar-refractivity contribution in [3.05, 3.63) is 70.8 Å². The van der Waals surface area contributed by atoms with Crippen molar-refractivity contribution >= 4 is 35.8 Å². The van der Waals surface area contributed by atoms with E-state index < -0.39 is 0 Å². The predicted molar refractivity (Wildman–Crippen MR) is 123 cm³/mol. The summed E-state index contributed by atoms with van der Waals surface area (Å²) in [5.41, 5.74) is 4.12. The van der Waals surface area contributed by atoms with Gasteiger partial charge in [0.15, 0.2) is 5.96 Å². The fourth-order valence-corrected chi connectivity index (χ4v) is 2.48. The van der Waals surface area contributed by atoms with Crippen molar-refractivity contribution in [3.63, 3.8) is 0 Å². The third kappa shape index (κ3) is 7.99.